The lowest BCUT2D eigenvalue weighted by atomic mass is 10.1. The fourth-order valence-corrected chi connectivity index (χ4v) is 2.60. The third-order valence-corrected chi connectivity index (χ3v) is 3.94. The first-order chi connectivity index (χ1) is 11.0. The average molecular weight is 321 g/mol. The molecule has 2 N–H and O–H groups in total. The van der Waals surface area contributed by atoms with E-state index in [0.29, 0.717) is 18.2 Å². The Hall–Kier alpha value is -1.95. The summed E-state index contributed by atoms with van der Waals surface area (Å²) in [6.45, 7) is 6.46. The fourth-order valence-electron chi connectivity index (χ4n) is 2.60. The van der Waals surface area contributed by atoms with Gasteiger partial charge < -0.3 is 10.6 Å². The van der Waals surface area contributed by atoms with E-state index in [9.17, 15) is 14.0 Å². The third-order valence-electron chi connectivity index (χ3n) is 3.94. The van der Waals surface area contributed by atoms with Crippen LogP contribution in [0.5, 0.6) is 0 Å². The van der Waals surface area contributed by atoms with Gasteiger partial charge in [-0.25, -0.2) is 4.39 Å². The first-order valence-electron chi connectivity index (χ1n) is 8.03. The van der Waals surface area contributed by atoms with Gasteiger partial charge in [-0.15, -0.1) is 0 Å². The van der Waals surface area contributed by atoms with Crippen LogP contribution in [0, 0.1) is 11.7 Å². The summed E-state index contributed by atoms with van der Waals surface area (Å²) in [4.78, 5) is 26.4. The van der Waals surface area contributed by atoms with Crippen LogP contribution < -0.4 is 10.6 Å². The number of benzene rings is 1. The van der Waals surface area contributed by atoms with Crippen LogP contribution in [0.25, 0.3) is 0 Å². The number of carbonyl (C=O) groups is 2. The van der Waals surface area contributed by atoms with Crippen LogP contribution >= 0.6 is 0 Å². The molecular formula is C17H24FN3O2. The Balaban J connectivity index is 1.94. The smallest absolute Gasteiger partial charge is 0.237 e. The largest absolute Gasteiger partial charge is 0.353 e. The number of halogens is 1. The van der Waals surface area contributed by atoms with E-state index in [4.69, 9.17) is 0 Å². The van der Waals surface area contributed by atoms with E-state index in [0.717, 1.165) is 19.5 Å². The highest BCUT2D eigenvalue weighted by Gasteiger charge is 2.31. The van der Waals surface area contributed by atoms with Crippen LogP contribution in [-0.2, 0) is 9.59 Å². The van der Waals surface area contributed by atoms with Crippen molar-refractivity contribution < 1.29 is 14.0 Å². The van der Waals surface area contributed by atoms with Gasteiger partial charge in [0.25, 0.3) is 0 Å². The lowest BCUT2D eigenvalue weighted by molar-refractivity contribution is -0.132. The van der Waals surface area contributed by atoms with Gasteiger partial charge in [-0.1, -0.05) is 13.8 Å². The zero-order valence-corrected chi connectivity index (χ0v) is 13.6. The van der Waals surface area contributed by atoms with Crippen LogP contribution in [0.15, 0.2) is 24.3 Å². The SMILES string of the molecule is CC(C)CCN1CCNC(=O)[C@H]1CC(=O)Nc1ccc(F)cc1. The number of anilines is 1. The Labute approximate surface area is 136 Å². The summed E-state index contributed by atoms with van der Waals surface area (Å²) in [5, 5.41) is 5.53. The molecule has 0 radical (unpaired) electrons. The van der Waals surface area contributed by atoms with Gasteiger partial charge in [0, 0.05) is 18.8 Å². The van der Waals surface area contributed by atoms with Crippen molar-refractivity contribution in [1.82, 2.24) is 10.2 Å². The van der Waals surface area contributed by atoms with Crippen LogP contribution in [-0.4, -0.2) is 42.4 Å². The number of piperazine rings is 1. The van der Waals surface area contributed by atoms with E-state index < -0.39 is 6.04 Å². The molecule has 6 heteroatoms. The summed E-state index contributed by atoms with van der Waals surface area (Å²) in [7, 11) is 0. The zero-order chi connectivity index (χ0) is 16.8. The second-order valence-electron chi connectivity index (χ2n) is 6.28. The first-order valence-corrected chi connectivity index (χ1v) is 8.03. The lowest BCUT2D eigenvalue weighted by Gasteiger charge is -2.35. The van der Waals surface area contributed by atoms with E-state index >= 15 is 0 Å². The van der Waals surface area contributed by atoms with Crippen molar-refractivity contribution in [2.45, 2.75) is 32.7 Å². The quantitative estimate of drug-likeness (QED) is 0.842. The molecule has 1 heterocycles. The Bertz CT molecular complexity index is 545. The zero-order valence-electron chi connectivity index (χ0n) is 13.6. The molecule has 1 saturated heterocycles. The Morgan fingerprint density at radius 3 is 2.74 bits per heavy atom. The predicted molar refractivity (Wildman–Crippen MR) is 87.5 cm³/mol. The molecule has 1 atom stereocenters. The predicted octanol–water partition coefficient (Wildman–Crippen LogP) is 2.00. The first kappa shape index (κ1) is 17.4. The molecule has 23 heavy (non-hydrogen) atoms. The molecule has 1 fully saturated rings. The maximum atomic E-state index is 12.9. The van der Waals surface area contributed by atoms with Crippen molar-refractivity contribution in [2.75, 3.05) is 25.0 Å². The van der Waals surface area contributed by atoms with E-state index in [1.165, 1.54) is 24.3 Å². The second-order valence-corrected chi connectivity index (χ2v) is 6.28. The summed E-state index contributed by atoms with van der Waals surface area (Å²) in [6, 6.07) is 5.15. The molecule has 1 aromatic rings. The number of amides is 2. The number of hydrogen-bond acceptors (Lipinski definition) is 3. The van der Waals surface area contributed by atoms with E-state index in [-0.39, 0.29) is 24.1 Å². The summed E-state index contributed by atoms with van der Waals surface area (Å²) < 4.78 is 12.9. The van der Waals surface area contributed by atoms with Gasteiger partial charge in [-0.05, 0) is 43.1 Å². The molecule has 2 amide bonds. The van der Waals surface area contributed by atoms with Gasteiger partial charge >= 0.3 is 0 Å². The number of rotatable bonds is 6. The third kappa shape index (κ3) is 5.32. The fraction of sp³-hybridized carbons (Fsp3) is 0.529. The molecule has 1 aliphatic rings. The minimum absolute atomic E-state index is 0.0985. The highest BCUT2D eigenvalue weighted by Crippen LogP contribution is 2.14. The molecule has 126 valence electrons. The maximum Gasteiger partial charge on any atom is 0.237 e. The van der Waals surface area contributed by atoms with Gasteiger partial charge in [-0.2, -0.15) is 0 Å². The van der Waals surface area contributed by atoms with Crippen molar-refractivity contribution in [3.63, 3.8) is 0 Å². The van der Waals surface area contributed by atoms with E-state index in [1.807, 2.05) is 0 Å². The molecule has 1 aromatic carbocycles. The number of hydrogen-bond donors (Lipinski definition) is 2. The Kier molecular flexibility index (Phi) is 6.10. The van der Waals surface area contributed by atoms with Gasteiger partial charge in [0.1, 0.15) is 5.82 Å². The monoisotopic (exact) mass is 321 g/mol. The van der Waals surface area contributed by atoms with Crippen LogP contribution in [0.2, 0.25) is 0 Å². The normalized spacial score (nSPS) is 18.8. The number of carbonyl (C=O) groups excluding carboxylic acids is 2. The average Bonchev–Trinajstić information content (AvgIpc) is 2.50. The van der Waals surface area contributed by atoms with Gasteiger partial charge in [0.15, 0.2) is 0 Å². The summed E-state index contributed by atoms with van der Waals surface area (Å²) >= 11 is 0. The van der Waals surface area contributed by atoms with Crippen molar-refractivity contribution in [3.05, 3.63) is 30.1 Å². The Morgan fingerprint density at radius 1 is 1.39 bits per heavy atom. The van der Waals surface area contributed by atoms with Crippen LogP contribution in [0.4, 0.5) is 10.1 Å². The highest BCUT2D eigenvalue weighted by molar-refractivity contribution is 5.95. The van der Waals surface area contributed by atoms with Gasteiger partial charge in [0.05, 0.1) is 12.5 Å². The molecule has 0 bridgehead atoms. The van der Waals surface area contributed by atoms with E-state index in [2.05, 4.69) is 29.4 Å². The molecule has 0 unspecified atom stereocenters. The van der Waals surface area contributed by atoms with Crippen molar-refractivity contribution in [1.29, 1.82) is 0 Å². The van der Waals surface area contributed by atoms with Crippen LogP contribution in [0.3, 0.4) is 0 Å². The minimum Gasteiger partial charge on any atom is -0.353 e. The molecule has 0 saturated carbocycles. The lowest BCUT2D eigenvalue weighted by Crippen LogP contribution is -2.56. The molecule has 5 nitrogen and oxygen atoms in total. The molecule has 0 spiro atoms. The van der Waals surface area contributed by atoms with Gasteiger partial charge in [0.2, 0.25) is 11.8 Å². The standard InChI is InChI=1S/C17H24FN3O2/c1-12(2)7-9-21-10-8-19-17(23)15(21)11-16(22)20-14-5-3-13(18)4-6-14/h3-6,12,15H,7-11H2,1-2H3,(H,19,23)(H,20,22)/t15-/m1/s1. The molecule has 2 rings (SSSR count). The maximum absolute atomic E-state index is 12.9. The second kappa shape index (κ2) is 8.06. The Morgan fingerprint density at radius 2 is 2.09 bits per heavy atom. The summed E-state index contributed by atoms with van der Waals surface area (Å²) in [6.07, 6.45) is 1.09. The number of nitrogens with zero attached hydrogens (tertiary/aromatic N) is 1. The van der Waals surface area contributed by atoms with Gasteiger partial charge in [-0.3, -0.25) is 14.5 Å². The van der Waals surface area contributed by atoms with Crippen molar-refractivity contribution in [2.24, 2.45) is 5.92 Å². The summed E-state index contributed by atoms with van der Waals surface area (Å²) in [5.74, 6) is -0.148. The van der Waals surface area contributed by atoms with Crippen LogP contribution in [0.1, 0.15) is 26.7 Å². The molecule has 0 aromatic heterocycles. The number of nitrogens with one attached hydrogen (secondary N) is 2. The van der Waals surface area contributed by atoms with E-state index in [1.54, 1.807) is 0 Å². The highest BCUT2D eigenvalue weighted by atomic mass is 19.1. The minimum atomic E-state index is -0.442. The molecule has 1 aliphatic heterocycles. The summed E-state index contributed by atoms with van der Waals surface area (Å²) in [5.41, 5.74) is 0.529. The molecular weight excluding hydrogens is 297 g/mol. The van der Waals surface area contributed by atoms with Crippen molar-refractivity contribution in [3.8, 4) is 0 Å². The topological polar surface area (TPSA) is 61.4 Å². The molecule has 0 aliphatic carbocycles. The van der Waals surface area contributed by atoms with Crippen molar-refractivity contribution >= 4 is 17.5 Å².